The Kier molecular flexibility index (Phi) is 13.6. The van der Waals surface area contributed by atoms with Gasteiger partial charge < -0.3 is 23.2 Å². The van der Waals surface area contributed by atoms with E-state index in [1.54, 1.807) is 10.5 Å². The Balaban J connectivity index is 1.33. The molecule has 0 aromatic rings. The van der Waals surface area contributed by atoms with Gasteiger partial charge in [-0.05, 0) is 143 Å². The number of carbonyl (C=O) groups excluding carboxylic acids is 1. The molecule has 4 saturated carbocycles. The Bertz CT molecular complexity index is 1350. The molecule has 0 aromatic heterocycles. The van der Waals surface area contributed by atoms with Gasteiger partial charge in [0.25, 0.3) is 0 Å². The third-order valence-corrected chi connectivity index (χ3v) is 24.5. The lowest BCUT2D eigenvalue weighted by Crippen LogP contribution is -2.48. The van der Waals surface area contributed by atoms with E-state index in [9.17, 15) is 4.79 Å². The van der Waals surface area contributed by atoms with Gasteiger partial charge in [-0.2, -0.15) is 0 Å². The molecule has 6 nitrogen and oxygen atoms in total. The highest BCUT2D eigenvalue weighted by Crippen LogP contribution is 2.60. The molecule has 8 atom stereocenters. The summed E-state index contributed by atoms with van der Waals surface area (Å²) in [7, 11) is -0.0768. The molecule has 1 aliphatic heterocycles. The number of allylic oxidation sites excluding steroid dienone is 4. The number of fused-ring (bicyclic) bond motifs is 1. The van der Waals surface area contributed by atoms with E-state index >= 15 is 0 Å². The maximum absolute atomic E-state index is 13.4. The predicted octanol–water partition coefficient (Wildman–Crippen LogP) is 12.0. The molecular formula is C46H81NO5Si2. The average molecular weight is 784 g/mol. The Morgan fingerprint density at radius 3 is 1.98 bits per heavy atom. The molecule has 1 saturated heterocycles. The second kappa shape index (κ2) is 16.7. The minimum atomic E-state index is -1.92. The second-order valence-electron chi connectivity index (χ2n) is 21.8. The van der Waals surface area contributed by atoms with Crippen molar-refractivity contribution in [1.82, 2.24) is 4.90 Å². The fraction of sp³-hybridized carbons (Fsp3) is 0.848. The molecule has 1 amide bonds. The van der Waals surface area contributed by atoms with E-state index in [1.807, 2.05) is 14.1 Å². The molecule has 5 aliphatic rings. The van der Waals surface area contributed by atoms with Crippen molar-refractivity contribution in [2.24, 2.45) is 28.6 Å². The van der Waals surface area contributed by atoms with Crippen LogP contribution in [0.5, 0.6) is 0 Å². The molecule has 5 rings (SSSR count). The molecule has 0 N–H and O–H groups in total. The summed E-state index contributed by atoms with van der Waals surface area (Å²) >= 11 is 0. The molecule has 4 aliphatic carbocycles. The molecule has 0 radical (unpaired) electrons. The topological polar surface area (TPSA) is 57.2 Å². The quantitative estimate of drug-likeness (QED) is 0.146. The highest BCUT2D eigenvalue weighted by Gasteiger charge is 2.57. The number of hydrogen-bond donors (Lipinski definition) is 0. The summed E-state index contributed by atoms with van der Waals surface area (Å²) in [6.07, 6.45) is 24.0. The summed E-state index contributed by atoms with van der Waals surface area (Å²) in [6.45, 7) is 29.5. The zero-order valence-electron chi connectivity index (χ0n) is 37.2. The highest BCUT2D eigenvalue weighted by molar-refractivity contribution is 6.74. The van der Waals surface area contributed by atoms with E-state index in [0.29, 0.717) is 17.8 Å². The summed E-state index contributed by atoms with van der Waals surface area (Å²) in [5.74, 6) is 1.85. The van der Waals surface area contributed by atoms with Crippen LogP contribution < -0.4 is 0 Å². The zero-order valence-corrected chi connectivity index (χ0v) is 39.2. The maximum atomic E-state index is 13.4. The molecule has 8 heteroatoms. The highest BCUT2D eigenvalue weighted by atomic mass is 28.4. The van der Waals surface area contributed by atoms with Gasteiger partial charge >= 0.3 is 0 Å². The summed E-state index contributed by atoms with van der Waals surface area (Å²) in [5.41, 5.74) is 3.00. The van der Waals surface area contributed by atoms with Gasteiger partial charge in [-0.25, -0.2) is 0 Å². The molecular weight excluding hydrogens is 703 g/mol. The Morgan fingerprint density at radius 1 is 0.852 bits per heavy atom. The van der Waals surface area contributed by atoms with Crippen LogP contribution in [-0.4, -0.2) is 72.7 Å². The summed E-state index contributed by atoms with van der Waals surface area (Å²) in [4.78, 5) is 15.2. The lowest BCUT2D eigenvalue weighted by molar-refractivity contribution is -0.193. The van der Waals surface area contributed by atoms with Gasteiger partial charge in [0.05, 0.1) is 23.7 Å². The lowest BCUT2D eigenvalue weighted by Gasteiger charge is -2.45. The van der Waals surface area contributed by atoms with E-state index in [4.69, 9.17) is 18.3 Å². The number of rotatable bonds is 12. The molecule has 0 bridgehead atoms. The first-order chi connectivity index (χ1) is 25.0. The van der Waals surface area contributed by atoms with E-state index < -0.39 is 22.0 Å². The van der Waals surface area contributed by atoms with Gasteiger partial charge in [0, 0.05) is 20.7 Å². The Hall–Kier alpha value is -1.04. The van der Waals surface area contributed by atoms with Crippen LogP contribution in [-0.2, 0) is 23.1 Å². The predicted molar refractivity (Wildman–Crippen MR) is 229 cm³/mol. The first-order valence-corrected chi connectivity index (χ1v) is 27.7. The van der Waals surface area contributed by atoms with Crippen LogP contribution in [0.25, 0.3) is 0 Å². The van der Waals surface area contributed by atoms with Crippen molar-refractivity contribution in [2.45, 2.75) is 200 Å². The molecule has 5 fully saturated rings. The van der Waals surface area contributed by atoms with Crippen LogP contribution >= 0.6 is 0 Å². The summed E-state index contributed by atoms with van der Waals surface area (Å²) in [5, 5.41) is 0.370. The van der Waals surface area contributed by atoms with Gasteiger partial charge in [-0.15, -0.1) is 0 Å². The minimum absolute atomic E-state index is 0.185. The second-order valence-corrected chi connectivity index (χ2v) is 31.3. The normalized spacial score (nSPS) is 32.7. The van der Waals surface area contributed by atoms with Crippen LogP contribution in [0.1, 0.15) is 139 Å². The van der Waals surface area contributed by atoms with Gasteiger partial charge in [-0.1, -0.05) is 90.8 Å². The van der Waals surface area contributed by atoms with Crippen molar-refractivity contribution in [3.05, 3.63) is 35.5 Å². The van der Waals surface area contributed by atoms with Crippen molar-refractivity contribution in [3.8, 4) is 0 Å². The van der Waals surface area contributed by atoms with Crippen molar-refractivity contribution >= 4 is 22.5 Å². The van der Waals surface area contributed by atoms with Crippen LogP contribution in [0.2, 0.25) is 36.3 Å². The molecule has 1 heterocycles. The van der Waals surface area contributed by atoms with Crippen LogP contribution in [0, 0.1) is 28.6 Å². The molecule has 308 valence electrons. The Morgan fingerprint density at radius 2 is 1.46 bits per heavy atom. The van der Waals surface area contributed by atoms with Crippen LogP contribution in [0.15, 0.2) is 35.5 Å². The van der Waals surface area contributed by atoms with E-state index in [0.717, 1.165) is 58.0 Å². The molecule has 54 heavy (non-hydrogen) atoms. The summed E-state index contributed by atoms with van der Waals surface area (Å²) < 4.78 is 26.9. The maximum Gasteiger partial charge on any atom is 0.231 e. The van der Waals surface area contributed by atoms with E-state index in [1.165, 1.54) is 37.7 Å². The lowest BCUT2D eigenvalue weighted by atomic mass is 9.61. The first kappa shape index (κ1) is 44.1. The van der Waals surface area contributed by atoms with Gasteiger partial charge in [-0.3, -0.25) is 4.79 Å². The fourth-order valence-corrected chi connectivity index (χ4v) is 12.7. The average Bonchev–Trinajstić information content (AvgIpc) is 3.79. The largest absolute Gasteiger partial charge is 0.414 e. The van der Waals surface area contributed by atoms with Crippen molar-refractivity contribution in [3.63, 3.8) is 0 Å². The number of ether oxygens (including phenoxy) is 2. The monoisotopic (exact) mass is 784 g/mol. The standard InChI is InChI=1S/C46H81NO5Si2/c1-33(20-25-40(50-41-19-15-16-29-49-41)46(27-28-46)42(48)47(9)10)38-23-24-39-35(18-17-26-45(38,39)8)22-21-34-30-36(51-53(11,12)43(2,3)4)32-37(31-34)52-54(13,14)44(5,6)7/h20-22,25,33,36-41H,15-19,23-24,26-32H2,1-14H3/b25-20+,35-22+/t33-,36-,37-,38-,39+,40?,41?,45-/m1/s1. The third-order valence-electron chi connectivity index (χ3n) is 15.4. The Labute approximate surface area is 333 Å². The van der Waals surface area contributed by atoms with E-state index in [2.05, 4.69) is 106 Å². The number of carbonyl (C=O) groups is 1. The number of hydrogen-bond acceptors (Lipinski definition) is 5. The molecule has 2 unspecified atom stereocenters. The van der Waals surface area contributed by atoms with Crippen molar-refractivity contribution < 1.29 is 23.1 Å². The zero-order chi connectivity index (χ0) is 39.9. The smallest absolute Gasteiger partial charge is 0.231 e. The van der Waals surface area contributed by atoms with Crippen LogP contribution in [0.3, 0.4) is 0 Å². The van der Waals surface area contributed by atoms with Gasteiger partial charge in [0.1, 0.15) is 0 Å². The third kappa shape index (κ3) is 9.80. The van der Waals surface area contributed by atoms with Crippen molar-refractivity contribution in [2.75, 3.05) is 20.7 Å². The minimum Gasteiger partial charge on any atom is -0.414 e. The number of nitrogens with zero attached hydrogens (tertiary/aromatic N) is 1. The SMILES string of the molecule is C[C@H](/C=C/C(OC1CCCCO1)C1(C(=O)N(C)C)CC1)[C@H]1CC[C@H]2/C(=C/C=C3C[C@@H](O[Si](C)(C)C(C)(C)C)C[C@H](O[Si](C)(C)C(C)(C)C)C3)CCC[C@]12C. The number of amides is 1. The van der Waals surface area contributed by atoms with Crippen LogP contribution in [0.4, 0.5) is 0 Å². The van der Waals surface area contributed by atoms with E-state index in [-0.39, 0.29) is 46.0 Å². The summed E-state index contributed by atoms with van der Waals surface area (Å²) in [6, 6.07) is 0. The van der Waals surface area contributed by atoms with Crippen molar-refractivity contribution in [1.29, 1.82) is 0 Å². The van der Waals surface area contributed by atoms with Gasteiger partial charge in [0.2, 0.25) is 5.91 Å². The fourth-order valence-electron chi connectivity index (χ4n) is 9.95. The first-order valence-electron chi connectivity index (χ1n) is 21.9. The molecule has 0 aromatic carbocycles. The molecule has 0 spiro atoms. The van der Waals surface area contributed by atoms with Gasteiger partial charge in [0.15, 0.2) is 22.9 Å².